The molecule has 0 aliphatic rings. The highest BCUT2D eigenvalue weighted by atomic mass is 32.2. The van der Waals surface area contributed by atoms with Crippen LogP contribution in [0.5, 0.6) is 0 Å². The van der Waals surface area contributed by atoms with Crippen LogP contribution < -0.4 is 11.1 Å². The van der Waals surface area contributed by atoms with Crippen LogP contribution >= 0.6 is 23.1 Å². The number of nitrogens with one attached hydrogen (secondary N) is 1. The van der Waals surface area contributed by atoms with Crippen molar-refractivity contribution >= 4 is 45.6 Å². The number of benzene rings is 1. The van der Waals surface area contributed by atoms with Gasteiger partial charge < -0.3 is 11.1 Å². The monoisotopic (exact) mass is 322 g/mol. The Morgan fingerprint density at radius 3 is 2.57 bits per heavy atom. The zero-order valence-corrected chi connectivity index (χ0v) is 13.0. The van der Waals surface area contributed by atoms with E-state index in [4.69, 9.17) is 5.73 Å². The number of carbonyl (C=O) groups is 2. The molecule has 0 unspecified atom stereocenters. The average molecular weight is 322 g/mol. The number of amides is 1. The molecule has 0 radical (unpaired) electrons. The summed E-state index contributed by atoms with van der Waals surface area (Å²) in [5.41, 5.74) is 6.75. The van der Waals surface area contributed by atoms with Gasteiger partial charge in [-0.1, -0.05) is 30.0 Å². The van der Waals surface area contributed by atoms with Gasteiger partial charge in [-0.05, 0) is 24.3 Å². The number of carbonyl (C=O) groups excluding carboxylic acids is 2. The fraction of sp³-hybridized carbons (Fsp3) is 0.231. The van der Waals surface area contributed by atoms with Gasteiger partial charge in [0.2, 0.25) is 11.0 Å². The lowest BCUT2D eigenvalue weighted by molar-refractivity contribution is -0.115. The maximum Gasteiger partial charge on any atom is 0.224 e. The molecule has 3 N–H and O–H groups in total. The van der Waals surface area contributed by atoms with Gasteiger partial charge in [0.05, 0.1) is 5.75 Å². The van der Waals surface area contributed by atoms with Crippen molar-refractivity contribution in [1.29, 1.82) is 0 Å². The molecule has 0 saturated heterocycles. The Hall–Kier alpha value is -1.93. The summed E-state index contributed by atoms with van der Waals surface area (Å²) >= 11 is 2.56. The SMILES string of the molecule is CCC(=O)Nc1ccc(C(=O)CSc2nnc(N)s2)cc1. The van der Waals surface area contributed by atoms with Crippen molar-refractivity contribution in [2.24, 2.45) is 0 Å². The van der Waals surface area contributed by atoms with Gasteiger partial charge in [-0.25, -0.2) is 0 Å². The fourth-order valence-corrected chi connectivity index (χ4v) is 3.01. The molecule has 1 amide bonds. The minimum atomic E-state index is -0.0570. The zero-order valence-electron chi connectivity index (χ0n) is 11.3. The minimum Gasteiger partial charge on any atom is -0.374 e. The van der Waals surface area contributed by atoms with Crippen molar-refractivity contribution in [3.05, 3.63) is 29.8 Å². The smallest absolute Gasteiger partial charge is 0.224 e. The third-order valence-electron chi connectivity index (χ3n) is 2.56. The van der Waals surface area contributed by atoms with Gasteiger partial charge in [0, 0.05) is 17.7 Å². The number of hydrogen-bond acceptors (Lipinski definition) is 7. The summed E-state index contributed by atoms with van der Waals surface area (Å²) in [6.07, 6.45) is 0.419. The van der Waals surface area contributed by atoms with E-state index in [1.54, 1.807) is 31.2 Å². The van der Waals surface area contributed by atoms with E-state index in [2.05, 4.69) is 15.5 Å². The molecule has 8 heteroatoms. The topological polar surface area (TPSA) is 98.0 Å². The van der Waals surface area contributed by atoms with E-state index in [1.807, 2.05) is 0 Å². The Kier molecular flexibility index (Phi) is 5.29. The maximum atomic E-state index is 12.0. The Morgan fingerprint density at radius 2 is 2.00 bits per heavy atom. The number of nitrogens with two attached hydrogens (primary N) is 1. The van der Waals surface area contributed by atoms with E-state index in [0.717, 1.165) is 0 Å². The molecule has 1 aromatic carbocycles. The van der Waals surface area contributed by atoms with E-state index in [-0.39, 0.29) is 17.4 Å². The lowest BCUT2D eigenvalue weighted by Crippen LogP contribution is -2.09. The summed E-state index contributed by atoms with van der Waals surface area (Å²) in [4.78, 5) is 23.3. The van der Waals surface area contributed by atoms with Gasteiger partial charge in [-0.2, -0.15) is 0 Å². The van der Waals surface area contributed by atoms with Crippen LogP contribution in [-0.2, 0) is 4.79 Å². The summed E-state index contributed by atoms with van der Waals surface area (Å²) in [7, 11) is 0. The standard InChI is InChI=1S/C13H14N4O2S2/c1-2-11(19)15-9-5-3-8(4-6-9)10(18)7-20-13-17-16-12(14)21-13/h3-6H,2,7H2,1H3,(H2,14,16)(H,15,19). The predicted octanol–water partition coefficient (Wildman–Crippen LogP) is 2.44. The summed E-state index contributed by atoms with van der Waals surface area (Å²) in [6, 6.07) is 6.83. The van der Waals surface area contributed by atoms with Gasteiger partial charge >= 0.3 is 0 Å². The normalized spacial score (nSPS) is 10.3. The van der Waals surface area contributed by atoms with Crippen LogP contribution in [0.2, 0.25) is 0 Å². The highest BCUT2D eigenvalue weighted by Gasteiger charge is 2.09. The van der Waals surface area contributed by atoms with Crippen LogP contribution in [0.3, 0.4) is 0 Å². The second-order valence-corrected chi connectivity index (χ2v) is 6.33. The van der Waals surface area contributed by atoms with Crippen molar-refractivity contribution in [3.63, 3.8) is 0 Å². The molecule has 2 rings (SSSR count). The van der Waals surface area contributed by atoms with E-state index in [1.165, 1.54) is 23.1 Å². The molecule has 0 aliphatic heterocycles. The van der Waals surface area contributed by atoms with Crippen molar-refractivity contribution in [3.8, 4) is 0 Å². The second kappa shape index (κ2) is 7.19. The molecule has 110 valence electrons. The molecule has 0 aliphatic carbocycles. The lowest BCUT2D eigenvalue weighted by Gasteiger charge is -2.04. The first kappa shape index (κ1) is 15.5. The highest BCUT2D eigenvalue weighted by molar-refractivity contribution is 8.01. The first-order valence-corrected chi connectivity index (χ1v) is 8.03. The van der Waals surface area contributed by atoms with Crippen LogP contribution in [-0.4, -0.2) is 27.6 Å². The van der Waals surface area contributed by atoms with Crippen molar-refractivity contribution < 1.29 is 9.59 Å². The Morgan fingerprint density at radius 1 is 1.29 bits per heavy atom. The molecule has 2 aromatic rings. The fourth-order valence-electron chi connectivity index (χ4n) is 1.48. The third kappa shape index (κ3) is 4.54. The largest absolute Gasteiger partial charge is 0.374 e. The Bertz CT molecular complexity index is 640. The molecule has 1 heterocycles. The minimum absolute atomic E-state index is 0.0119. The summed E-state index contributed by atoms with van der Waals surface area (Å²) in [5, 5.41) is 10.7. The van der Waals surface area contributed by atoms with Crippen LogP contribution in [0.4, 0.5) is 10.8 Å². The number of ketones is 1. The van der Waals surface area contributed by atoms with Gasteiger partial charge in [0.25, 0.3) is 0 Å². The average Bonchev–Trinajstić information content (AvgIpc) is 2.91. The van der Waals surface area contributed by atoms with Gasteiger partial charge in [-0.15, -0.1) is 10.2 Å². The van der Waals surface area contributed by atoms with Crippen molar-refractivity contribution in [2.75, 3.05) is 16.8 Å². The van der Waals surface area contributed by atoms with Gasteiger partial charge in [0.1, 0.15) is 0 Å². The van der Waals surface area contributed by atoms with Crippen molar-refractivity contribution in [1.82, 2.24) is 10.2 Å². The van der Waals surface area contributed by atoms with Crippen LogP contribution in [0.15, 0.2) is 28.6 Å². The van der Waals surface area contributed by atoms with Crippen molar-refractivity contribution in [2.45, 2.75) is 17.7 Å². The summed E-state index contributed by atoms with van der Waals surface area (Å²) < 4.78 is 0.674. The molecular formula is C13H14N4O2S2. The lowest BCUT2D eigenvalue weighted by atomic mass is 10.1. The predicted molar refractivity (Wildman–Crippen MR) is 84.7 cm³/mol. The number of Topliss-reactive ketones (excluding diaryl/α,β-unsaturated/α-hetero) is 1. The Labute approximate surface area is 130 Å². The first-order valence-electron chi connectivity index (χ1n) is 6.23. The second-order valence-electron chi connectivity index (χ2n) is 4.10. The zero-order chi connectivity index (χ0) is 15.2. The van der Waals surface area contributed by atoms with E-state index in [0.29, 0.717) is 27.1 Å². The number of aromatic nitrogens is 2. The van der Waals surface area contributed by atoms with Gasteiger partial charge in [-0.3, -0.25) is 9.59 Å². The number of rotatable bonds is 6. The highest BCUT2D eigenvalue weighted by Crippen LogP contribution is 2.24. The van der Waals surface area contributed by atoms with E-state index >= 15 is 0 Å². The molecular weight excluding hydrogens is 308 g/mol. The molecule has 0 spiro atoms. The molecule has 21 heavy (non-hydrogen) atoms. The van der Waals surface area contributed by atoms with E-state index in [9.17, 15) is 9.59 Å². The molecule has 0 fully saturated rings. The number of nitrogens with zero attached hydrogens (tertiary/aromatic N) is 2. The van der Waals surface area contributed by atoms with Crippen LogP contribution in [0.25, 0.3) is 0 Å². The first-order chi connectivity index (χ1) is 10.1. The number of thioether (sulfide) groups is 1. The molecule has 6 nitrogen and oxygen atoms in total. The van der Waals surface area contributed by atoms with Gasteiger partial charge in [0.15, 0.2) is 10.1 Å². The van der Waals surface area contributed by atoms with E-state index < -0.39 is 0 Å². The number of hydrogen-bond donors (Lipinski definition) is 2. The number of anilines is 2. The molecule has 0 bridgehead atoms. The molecule has 1 aromatic heterocycles. The summed E-state index contributed by atoms with van der Waals surface area (Å²) in [6.45, 7) is 1.78. The maximum absolute atomic E-state index is 12.0. The Balaban J connectivity index is 1.91. The van der Waals surface area contributed by atoms with Crippen LogP contribution in [0, 0.1) is 0 Å². The van der Waals surface area contributed by atoms with Crippen LogP contribution in [0.1, 0.15) is 23.7 Å². The molecule has 0 atom stereocenters. The molecule has 0 saturated carbocycles. The summed E-state index contributed by atoms with van der Waals surface area (Å²) in [5.74, 6) is 0.204. The third-order valence-corrected chi connectivity index (χ3v) is 4.45. The quantitative estimate of drug-likeness (QED) is 0.626. The number of nitrogen functional groups attached to an aromatic ring is 1.